The smallest absolute Gasteiger partial charge is 0.262 e. The van der Waals surface area contributed by atoms with Crippen LogP contribution in [0.2, 0.25) is 0 Å². The molecule has 4 heterocycles. The number of pyridine rings is 1. The number of anilines is 2. The number of hydrogen-bond donors (Lipinski definition) is 0. The number of methoxy groups -OCH3 is 1. The highest BCUT2D eigenvalue weighted by Gasteiger charge is 2.32. The van der Waals surface area contributed by atoms with Gasteiger partial charge in [0, 0.05) is 31.0 Å². The van der Waals surface area contributed by atoms with Crippen molar-refractivity contribution in [3.8, 4) is 11.4 Å². The van der Waals surface area contributed by atoms with E-state index in [-0.39, 0.29) is 5.91 Å². The maximum atomic E-state index is 12.9. The van der Waals surface area contributed by atoms with Crippen LogP contribution in [0.15, 0.2) is 48.8 Å². The third-order valence-electron chi connectivity index (χ3n) is 5.37. The summed E-state index contributed by atoms with van der Waals surface area (Å²) in [4.78, 5) is 21.5. The molecule has 0 spiro atoms. The fraction of sp³-hybridized carbons (Fsp3) is 0.286. The Morgan fingerprint density at radius 1 is 1.07 bits per heavy atom. The van der Waals surface area contributed by atoms with Crippen molar-refractivity contribution in [1.29, 1.82) is 0 Å². The molecule has 5 rings (SSSR count). The molecule has 7 nitrogen and oxygen atoms in total. The highest BCUT2D eigenvalue weighted by atomic mass is 16.5. The van der Waals surface area contributed by atoms with Crippen LogP contribution in [0.1, 0.15) is 28.9 Å². The minimum atomic E-state index is -0.0452. The van der Waals surface area contributed by atoms with Crippen LogP contribution < -0.4 is 14.5 Å². The van der Waals surface area contributed by atoms with Gasteiger partial charge in [-0.3, -0.25) is 4.79 Å². The molecule has 28 heavy (non-hydrogen) atoms. The molecule has 0 radical (unpaired) electrons. The molecular formula is C21H21N5O2. The van der Waals surface area contributed by atoms with E-state index in [0.717, 1.165) is 41.7 Å². The lowest BCUT2D eigenvalue weighted by molar-refractivity contribution is 0.0996. The summed E-state index contributed by atoms with van der Waals surface area (Å²) >= 11 is 0. The van der Waals surface area contributed by atoms with Crippen LogP contribution in [0.25, 0.3) is 5.69 Å². The number of nitrogens with zero attached hydrogens (tertiary/aromatic N) is 5. The number of carbonyl (C=O) groups excluding carboxylic acids is 1. The van der Waals surface area contributed by atoms with Crippen LogP contribution in [0.4, 0.5) is 11.5 Å². The molecule has 0 bridgehead atoms. The van der Waals surface area contributed by atoms with Gasteiger partial charge in [-0.1, -0.05) is 6.07 Å². The van der Waals surface area contributed by atoms with Gasteiger partial charge >= 0.3 is 0 Å². The lowest BCUT2D eigenvalue weighted by Crippen LogP contribution is -2.23. The van der Waals surface area contributed by atoms with Gasteiger partial charge in [0.25, 0.3) is 5.91 Å². The molecule has 3 aromatic rings. The molecule has 1 aromatic carbocycles. The molecule has 142 valence electrons. The monoisotopic (exact) mass is 375 g/mol. The van der Waals surface area contributed by atoms with Gasteiger partial charge in [-0.2, -0.15) is 5.10 Å². The molecule has 1 amide bonds. The van der Waals surface area contributed by atoms with E-state index < -0.39 is 0 Å². The lowest BCUT2D eigenvalue weighted by Gasteiger charge is -2.17. The van der Waals surface area contributed by atoms with Crippen LogP contribution in [0.3, 0.4) is 0 Å². The van der Waals surface area contributed by atoms with Crippen molar-refractivity contribution in [2.45, 2.75) is 19.4 Å². The van der Waals surface area contributed by atoms with Crippen molar-refractivity contribution in [1.82, 2.24) is 14.8 Å². The van der Waals surface area contributed by atoms with Crippen LogP contribution in [0.5, 0.6) is 5.75 Å². The molecule has 7 heteroatoms. The Balaban J connectivity index is 1.38. The molecule has 1 fully saturated rings. The van der Waals surface area contributed by atoms with Crippen molar-refractivity contribution in [3.63, 3.8) is 0 Å². The van der Waals surface area contributed by atoms with Crippen LogP contribution in [0, 0.1) is 0 Å². The predicted octanol–water partition coefficient (Wildman–Crippen LogP) is 3.04. The van der Waals surface area contributed by atoms with Crippen molar-refractivity contribution in [3.05, 3.63) is 60.0 Å². The van der Waals surface area contributed by atoms with Gasteiger partial charge in [-0.05, 0) is 37.1 Å². The number of fused-ring (bicyclic) bond motifs is 1. The average molecular weight is 375 g/mol. The Bertz CT molecular complexity index is 1020. The van der Waals surface area contributed by atoms with Gasteiger partial charge < -0.3 is 14.5 Å². The van der Waals surface area contributed by atoms with E-state index in [4.69, 9.17) is 4.74 Å². The van der Waals surface area contributed by atoms with Crippen LogP contribution in [-0.2, 0) is 6.54 Å². The van der Waals surface area contributed by atoms with Gasteiger partial charge in [-0.25, -0.2) is 9.67 Å². The standard InChI is InChI=1S/C21H21N5O2/c1-28-17-6-4-5-15(11-17)25-14-19-18(21(25)27)13-26(23-19)16-7-8-20(22-12-16)24-9-2-3-10-24/h4-8,11-13H,2-3,9-10,14H2,1H3. The first-order valence-corrected chi connectivity index (χ1v) is 9.49. The summed E-state index contributed by atoms with van der Waals surface area (Å²) in [5, 5.41) is 4.63. The number of carbonyl (C=O) groups is 1. The van der Waals surface area contributed by atoms with Crippen LogP contribution in [-0.4, -0.2) is 40.9 Å². The third-order valence-corrected chi connectivity index (χ3v) is 5.37. The Morgan fingerprint density at radius 2 is 1.93 bits per heavy atom. The second-order valence-corrected chi connectivity index (χ2v) is 7.10. The molecule has 0 N–H and O–H groups in total. The minimum Gasteiger partial charge on any atom is -0.497 e. The largest absolute Gasteiger partial charge is 0.497 e. The average Bonchev–Trinajstić information content (AvgIpc) is 3.46. The van der Waals surface area contributed by atoms with Gasteiger partial charge in [0.1, 0.15) is 11.6 Å². The number of benzene rings is 1. The van der Waals surface area contributed by atoms with E-state index in [0.29, 0.717) is 12.1 Å². The zero-order valence-electron chi connectivity index (χ0n) is 15.7. The summed E-state index contributed by atoms with van der Waals surface area (Å²) in [5.74, 6) is 1.68. The fourth-order valence-corrected chi connectivity index (χ4v) is 3.84. The number of aromatic nitrogens is 3. The SMILES string of the molecule is COc1cccc(N2Cc3nn(-c4ccc(N5CCCC5)nc4)cc3C2=O)c1. The fourth-order valence-electron chi connectivity index (χ4n) is 3.84. The Morgan fingerprint density at radius 3 is 2.64 bits per heavy atom. The number of hydrogen-bond acceptors (Lipinski definition) is 5. The number of amides is 1. The highest BCUT2D eigenvalue weighted by Crippen LogP contribution is 2.30. The van der Waals surface area contributed by atoms with E-state index in [1.54, 1.807) is 22.9 Å². The van der Waals surface area contributed by atoms with E-state index in [2.05, 4.69) is 15.0 Å². The highest BCUT2D eigenvalue weighted by molar-refractivity contribution is 6.09. The molecule has 2 aromatic heterocycles. The first kappa shape index (κ1) is 16.8. The van der Waals surface area contributed by atoms with E-state index in [1.807, 2.05) is 42.6 Å². The maximum absolute atomic E-state index is 12.9. The third kappa shape index (κ3) is 2.79. The summed E-state index contributed by atoms with van der Waals surface area (Å²) in [5.41, 5.74) is 3.08. The molecule has 1 saturated heterocycles. The summed E-state index contributed by atoms with van der Waals surface area (Å²) in [7, 11) is 1.62. The minimum absolute atomic E-state index is 0.0452. The normalized spacial score (nSPS) is 16.0. The van der Waals surface area contributed by atoms with Gasteiger partial charge in [0.2, 0.25) is 0 Å². The van der Waals surface area contributed by atoms with Gasteiger partial charge in [0.15, 0.2) is 0 Å². The predicted molar refractivity (Wildman–Crippen MR) is 106 cm³/mol. The van der Waals surface area contributed by atoms with Crippen LogP contribution >= 0.6 is 0 Å². The second kappa shape index (κ2) is 6.67. The molecule has 2 aliphatic rings. The molecular weight excluding hydrogens is 354 g/mol. The molecule has 0 atom stereocenters. The number of rotatable bonds is 4. The van der Waals surface area contributed by atoms with E-state index in [9.17, 15) is 4.79 Å². The van der Waals surface area contributed by atoms with Gasteiger partial charge in [0.05, 0.1) is 36.8 Å². The van der Waals surface area contributed by atoms with Crippen molar-refractivity contribution < 1.29 is 9.53 Å². The number of ether oxygens (including phenoxy) is 1. The summed E-state index contributed by atoms with van der Waals surface area (Å²) in [6.45, 7) is 2.58. The topological polar surface area (TPSA) is 63.5 Å². The second-order valence-electron chi connectivity index (χ2n) is 7.10. The Kier molecular flexibility index (Phi) is 4.00. The van der Waals surface area contributed by atoms with Crippen molar-refractivity contribution in [2.24, 2.45) is 0 Å². The van der Waals surface area contributed by atoms with Gasteiger partial charge in [-0.15, -0.1) is 0 Å². The zero-order valence-corrected chi connectivity index (χ0v) is 15.7. The summed E-state index contributed by atoms with van der Waals surface area (Å²) in [6, 6.07) is 11.5. The van der Waals surface area contributed by atoms with Crippen molar-refractivity contribution in [2.75, 3.05) is 30.0 Å². The summed E-state index contributed by atoms with van der Waals surface area (Å²) in [6.07, 6.45) is 6.06. The van der Waals surface area contributed by atoms with Crippen molar-refractivity contribution >= 4 is 17.4 Å². The molecule has 0 unspecified atom stereocenters. The first-order valence-electron chi connectivity index (χ1n) is 9.49. The Hall–Kier alpha value is -3.35. The van der Waals surface area contributed by atoms with E-state index >= 15 is 0 Å². The first-order chi connectivity index (χ1) is 13.7. The molecule has 0 aliphatic carbocycles. The zero-order chi connectivity index (χ0) is 19.1. The quantitative estimate of drug-likeness (QED) is 0.701. The molecule has 0 saturated carbocycles. The van der Waals surface area contributed by atoms with E-state index in [1.165, 1.54) is 12.8 Å². The molecule has 2 aliphatic heterocycles. The maximum Gasteiger partial charge on any atom is 0.262 e. The summed E-state index contributed by atoms with van der Waals surface area (Å²) < 4.78 is 7.01. The lowest BCUT2D eigenvalue weighted by atomic mass is 10.2. The Labute approximate surface area is 163 Å².